The smallest absolute Gasteiger partial charge is 0.429 e. The maximum absolute atomic E-state index is 13.7. The third-order valence-corrected chi connectivity index (χ3v) is 9.03. The molecule has 0 aromatic heterocycles. The zero-order valence-corrected chi connectivity index (χ0v) is 32.5. The van der Waals surface area contributed by atoms with E-state index in [0.717, 1.165) is 34.1 Å². The Bertz CT molecular complexity index is 1970. The van der Waals surface area contributed by atoms with Crippen molar-refractivity contribution in [3.63, 3.8) is 0 Å². The van der Waals surface area contributed by atoms with E-state index < -0.39 is 88.9 Å². The van der Waals surface area contributed by atoms with E-state index in [1.165, 1.54) is 36.4 Å². The van der Waals surface area contributed by atoms with Gasteiger partial charge in [0, 0.05) is 61.0 Å². The summed E-state index contributed by atoms with van der Waals surface area (Å²) in [5.41, 5.74) is 5.84. The number of nitro groups is 1. The van der Waals surface area contributed by atoms with E-state index >= 15 is 0 Å². The first-order valence-electron chi connectivity index (χ1n) is 18.5. The van der Waals surface area contributed by atoms with Crippen molar-refractivity contribution in [3.05, 3.63) is 88.5 Å². The molecular weight excluding hydrogens is 790 g/mol. The second-order valence-corrected chi connectivity index (χ2v) is 13.8. The number of nitrogens with two attached hydrogens (primary N) is 1. The van der Waals surface area contributed by atoms with E-state index in [9.17, 15) is 53.3 Å². The summed E-state index contributed by atoms with van der Waals surface area (Å²) in [6, 6.07) is 9.17. The predicted octanol–water partition coefficient (Wildman–Crippen LogP) is 1.65. The normalized spacial score (nSPS) is 14.4. The number of nitrogens with one attached hydrogen (secondary N) is 3. The quantitative estimate of drug-likeness (QED) is 0.0328. The number of imide groups is 2. The molecule has 2 heterocycles. The zero-order valence-electron chi connectivity index (χ0n) is 32.5. The fraction of sp³-hybridized carbons (Fsp3) is 0.359. The fourth-order valence-corrected chi connectivity index (χ4v) is 5.91. The summed E-state index contributed by atoms with van der Waals surface area (Å²) in [5, 5.41) is 18.6. The molecule has 318 valence electrons. The van der Waals surface area contributed by atoms with Crippen LogP contribution in [0.4, 0.5) is 21.0 Å². The van der Waals surface area contributed by atoms with Gasteiger partial charge in [-0.05, 0) is 48.6 Å². The lowest BCUT2D eigenvalue weighted by atomic mass is 9.89. The summed E-state index contributed by atoms with van der Waals surface area (Å²) in [7, 11) is 0. The molecule has 2 aliphatic heterocycles. The van der Waals surface area contributed by atoms with Crippen LogP contribution in [0.25, 0.3) is 0 Å². The average Bonchev–Trinajstić information content (AvgIpc) is 3.69. The largest absolute Gasteiger partial charge is 0.514 e. The number of ether oxygens (including phenoxy) is 3. The molecule has 2 aromatic rings. The molecular formula is C39H43N7O14. The van der Waals surface area contributed by atoms with Crippen LogP contribution in [0.2, 0.25) is 0 Å². The molecule has 0 saturated carbocycles. The van der Waals surface area contributed by atoms with E-state index in [0.29, 0.717) is 11.3 Å². The number of carbonyl (C=O) groups is 9. The molecule has 0 fully saturated rings. The first-order valence-corrected chi connectivity index (χ1v) is 18.5. The van der Waals surface area contributed by atoms with Crippen molar-refractivity contribution in [3.8, 4) is 5.75 Å². The minimum atomic E-state index is -1.15. The number of nitro benzene ring substituents is 1. The topological polar surface area (TPSA) is 293 Å². The zero-order chi connectivity index (χ0) is 43.9. The third kappa shape index (κ3) is 13.7. The van der Waals surface area contributed by atoms with Crippen LogP contribution < -0.4 is 26.4 Å². The van der Waals surface area contributed by atoms with Crippen molar-refractivity contribution in [2.75, 3.05) is 31.6 Å². The van der Waals surface area contributed by atoms with Crippen molar-refractivity contribution in [1.29, 1.82) is 0 Å². The van der Waals surface area contributed by atoms with Crippen molar-refractivity contribution in [2.45, 2.75) is 51.9 Å². The molecule has 0 bridgehead atoms. The second kappa shape index (κ2) is 21.5. The van der Waals surface area contributed by atoms with Gasteiger partial charge in [-0.15, -0.1) is 0 Å². The molecule has 2 aromatic carbocycles. The number of anilines is 1. The average molecular weight is 834 g/mol. The van der Waals surface area contributed by atoms with Crippen molar-refractivity contribution in [2.24, 2.45) is 17.6 Å². The summed E-state index contributed by atoms with van der Waals surface area (Å²) in [6.45, 7) is 1.83. The van der Waals surface area contributed by atoms with Gasteiger partial charge in [-0.25, -0.2) is 9.59 Å². The minimum Gasteiger partial charge on any atom is -0.429 e. The van der Waals surface area contributed by atoms with E-state index in [-0.39, 0.29) is 56.9 Å². The highest BCUT2D eigenvalue weighted by Gasteiger charge is 2.33. The molecule has 0 unspecified atom stereocenters. The molecule has 60 heavy (non-hydrogen) atoms. The van der Waals surface area contributed by atoms with Gasteiger partial charge in [0.1, 0.15) is 19.0 Å². The van der Waals surface area contributed by atoms with Gasteiger partial charge >= 0.3 is 12.2 Å². The van der Waals surface area contributed by atoms with Crippen molar-refractivity contribution < 1.29 is 62.3 Å². The lowest BCUT2D eigenvalue weighted by Gasteiger charge is -2.27. The van der Waals surface area contributed by atoms with E-state index in [1.54, 1.807) is 26.0 Å². The number of ketones is 1. The molecule has 0 aliphatic carbocycles. The van der Waals surface area contributed by atoms with Crippen LogP contribution in [-0.4, -0.2) is 107 Å². The molecule has 5 N–H and O–H groups in total. The number of rotatable bonds is 22. The minimum absolute atomic E-state index is 0.0396. The summed E-state index contributed by atoms with van der Waals surface area (Å²) in [5.74, 6) is -5.74. The highest BCUT2D eigenvalue weighted by atomic mass is 16.7. The van der Waals surface area contributed by atoms with Crippen LogP contribution in [0.15, 0.2) is 72.8 Å². The molecule has 4 rings (SSSR count). The molecule has 2 aliphatic rings. The first-order chi connectivity index (χ1) is 28.5. The molecule has 0 spiro atoms. The molecule has 8 amide bonds. The number of primary amides is 1. The van der Waals surface area contributed by atoms with Crippen LogP contribution in [0.3, 0.4) is 0 Å². The number of non-ortho nitro benzene ring substituents is 1. The summed E-state index contributed by atoms with van der Waals surface area (Å²) < 4.78 is 15.8. The SMILES string of the molecule is CC(C)[C@H](NC(=O)COC(CN1C(=O)C=CC1=O)CN1C(=O)C=CC1=O)C(=O)C[C@@H](CCCNC(N)=O)C(=O)Nc1ccc(COC(=O)Oc2ccc([N+](=O)[O-])cc2)cc1. The van der Waals surface area contributed by atoms with Crippen molar-refractivity contribution >= 4 is 64.8 Å². The molecule has 2 atom stereocenters. The summed E-state index contributed by atoms with van der Waals surface area (Å²) >= 11 is 0. The highest BCUT2D eigenvalue weighted by molar-refractivity contribution is 6.13. The van der Waals surface area contributed by atoms with E-state index in [2.05, 4.69) is 16.0 Å². The highest BCUT2D eigenvalue weighted by Crippen LogP contribution is 2.21. The van der Waals surface area contributed by atoms with Gasteiger partial charge in [0.05, 0.1) is 30.2 Å². The first kappa shape index (κ1) is 45.4. The van der Waals surface area contributed by atoms with Gasteiger partial charge in [-0.2, -0.15) is 0 Å². The monoisotopic (exact) mass is 833 g/mol. The fourth-order valence-electron chi connectivity index (χ4n) is 5.91. The number of Topliss-reactive ketones (excluding diaryl/α,β-unsaturated/α-hetero) is 1. The Kier molecular flexibility index (Phi) is 16.2. The van der Waals surface area contributed by atoms with Crippen LogP contribution in [-0.2, 0) is 49.6 Å². The maximum atomic E-state index is 13.7. The Labute approximate surface area is 342 Å². The standard InChI is InChI=1S/C39H43N7O14/c1-23(2)36(43-31(48)22-58-29(19-44-32(49)13-14-33(44)50)20-45-34(51)15-16-35(45)52)30(47)18-25(4-3-17-41-38(40)54)37(53)42-26-7-5-24(6-8-26)21-59-39(55)60-28-11-9-27(10-12-28)46(56)57/h5-16,23,25,29,36H,3-4,17-22H2,1-2H3,(H,42,53)(H,43,48)(H3,40,41,54)/t25-,36+/m1/s1. The number of hydrogen-bond donors (Lipinski definition) is 4. The number of benzene rings is 2. The number of urea groups is 1. The number of carbonyl (C=O) groups excluding carboxylic acids is 9. The van der Waals surface area contributed by atoms with Gasteiger partial charge in [0.2, 0.25) is 11.8 Å². The Balaban J connectivity index is 1.35. The number of hydrogen-bond acceptors (Lipinski definition) is 14. The molecule has 21 heteroatoms. The molecule has 21 nitrogen and oxygen atoms in total. The Morgan fingerprint density at radius 3 is 1.92 bits per heavy atom. The third-order valence-electron chi connectivity index (χ3n) is 9.03. The lowest BCUT2D eigenvalue weighted by Crippen LogP contribution is -2.49. The summed E-state index contributed by atoms with van der Waals surface area (Å²) in [4.78, 5) is 124. The van der Waals surface area contributed by atoms with Gasteiger partial charge in [0.15, 0.2) is 5.78 Å². The van der Waals surface area contributed by atoms with Gasteiger partial charge in [0.25, 0.3) is 29.3 Å². The number of nitrogens with zero attached hydrogens (tertiary/aromatic N) is 3. The van der Waals surface area contributed by atoms with Crippen molar-refractivity contribution in [1.82, 2.24) is 20.4 Å². The second-order valence-electron chi connectivity index (χ2n) is 13.8. The number of amides is 8. The van der Waals surface area contributed by atoms with Crippen LogP contribution in [0, 0.1) is 22.0 Å². The van der Waals surface area contributed by atoms with Crippen LogP contribution >= 0.6 is 0 Å². The van der Waals surface area contributed by atoms with E-state index in [1.807, 2.05) is 0 Å². The van der Waals surface area contributed by atoms with Gasteiger partial charge in [-0.1, -0.05) is 26.0 Å². The Morgan fingerprint density at radius 1 is 0.833 bits per heavy atom. The van der Waals surface area contributed by atoms with Crippen LogP contribution in [0.1, 0.15) is 38.7 Å². The summed E-state index contributed by atoms with van der Waals surface area (Å²) in [6.07, 6.45) is 2.06. The lowest BCUT2D eigenvalue weighted by molar-refractivity contribution is -0.384. The van der Waals surface area contributed by atoms with Gasteiger partial charge < -0.3 is 35.9 Å². The van der Waals surface area contributed by atoms with Crippen LogP contribution in [0.5, 0.6) is 5.75 Å². The Morgan fingerprint density at radius 2 is 1.40 bits per heavy atom. The molecule has 0 radical (unpaired) electrons. The predicted molar refractivity (Wildman–Crippen MR) is 207 cm³/mol. The Hall–Kier alpha value is -7.29. The van der Waals surface area contributed by atoms with E-state index in [4.69, 9.17) is 19.9 Å². The maximum Gasteiger partial charge on any atom is 0.514 e. The molecule has 0 saturated heterocycles. The van der Waals surface area contributed by atoms with Gasteiger partial charge in [-0.3, -0.25) is 53.5 Å².